The van der Waals surface area contributed by atoms with Crippen molar-refractivity contribution in [1.29, 1.82) is 0 Å². The molecule has 0 amide bonds. The summed E-state index contributed by atoms with van der Waals surface area (Å²) in [6.45, 7) is 11.1. The highest BCUT2D eigenvalue weighted by Gasteiger charge is 2.29. The normalized spacial score (nSPS) is 32.3. The molecule has 0 spiro atoms. The molecule has 0 aromatic heterocycles. The van der Waals surface area contributed by atoms with Crippen LogP contribution in [0.1, 0.15) is 40.0 Å². The molecular weight excluding hydrogens is 120 g/mol. The molecule has 58 valence electrons. The summed E-state index contributed by atoms with van der Waals surface area (Å²) < 4.78 is 0. The Hall–Kier alpha value is -0.260. The third-order valence-corrected chi connectivity index (χ3v) is 3.05. The maximum absolute atomic E-state index is 4.03. The van der Waals surface area contributed by atoms with Crippen LogP contribution < -0.4 is 0 Å². The summed E-state index contributed by atoms with van der Waals surface area (Å²) >= 11 is 0. The van der Waals surface area contributed by atoms with Crippen LogP contribution in [0.5, 0.6) is 0 Å². The van der Waals surface area contributed by atoms with Gasteiger partial charge in [0.15, 0.2) is 0 Å². The van der Waals surface area contributed by atoms with Gasteiger partial charge in [0.25, 0.3) is 0 Å². The van der Waals surface area contributed by atoms with Gasteiger partial charge in [-0.15, -0.1) is 0 Å². The van der Waals surface area contributed by atoms with E-state index >= 15 is 0 Å². The maximum Gasteiger partial charge on any atom is -0.0292 e. The molecule has 0 aromatic carbocycles. The zero-order valence-corrected chi connectivity index (χ0v) is 7.41. The molecule has 0 bridgehead atoms. The fraction of sp³-hybridized carbons (Fsp3) is 0.800. The molecule has 0 heterocycles. The first-order valence-electron chi connectivity index (χ1n) is 4.19. The van der Waals surface area contributed by atoms with Gasteiger partial charge >= 0.3 is 0 Å². The van der Waals surface area contributed by atoms with Crippen molar-refractivity contribution < 1.29 is 0 Å². The fourth-order valence-corrected chi connectivity index (χ4v) is 1.56. The summed E-state index contributed by atoms with van der Waals surface area (Å²) in [6.07, 6.45) is 3.82. The summed E-state index contributed by atoms with van der Waals surface area (Å²) in [7, 11) is 0. The zero-order valence-electron chi connectivity index (χ0n) is 7.41. The Kier molecular flexibility index (Phi) is 1.89. The van der Waals surface area contributed by atoms with Crippen molar-refractivity contribution in [3.63, 3.8) is 0 Å². The number of rotatable bonds is 0. The van der Waals surface area contributed by atoms with Crippen molar-refractivity contribution in [2.24, 2.45) is 11.3 Å². The topological polar surface area (TPSA) is 0 Å². The van der Waals surface area contributed by atoms with E-state index in [1.54, 1.807) is 0 Å². The highest BCUT2D eigenvalue weighted by Crippen LogP contribution is 2.41. The van der Waals surface area contributed by atoms with E-state index in [0.717, 1.165) is 5.92 Å². The van der Waals surface area contributed by atoms with Crippen molar-refractivity contribution in [2.75, 3.05) is 0 Å². The lowest BCUT2D eigenvalue weighted by molar-refractivity contribution is 0.184. The van der Waals surface area contributed by atoms with Gasteiger partial charge in [-0.25, -0.2) is 0 Å². The first-order chi connectivity index (χ1) is 4.52. The minimum absolute atomic E-state index is 0.557. The number of allylic oxidation sites excluding steroid dienone is 1. The largest absolute Gasteiger partial charge is 0.0999 e. The van der Waals surface area contributed by atoms with Crippen molar-refractivity contribution in [3.05, 3.63) is 12.2 Å². The molecule has 0 N–H and O–H groups in total. The minimum Gasteiger partial charge on any atom is -0.0999 e. The summed E-state index contributed by atoms with van der Waals surface area (Å²) in [5.74, 6) is 0.828. The predicted molar refractivity (Wildman–Crippen MR) is 45.9 cm³/mol. The molecule has 0 nitrogen and oxygen atoms in total. The van der Waals surface area contributed by atoms with Gasteiger partial charge < -0.3 is 0 Å². The van der Waals surface area contributed by atoms with Crippen LogP contribution in [-0.2, 0) is 0 Å². The Morgan fingerprint density at radius 2 is 2.10 bits per heavy atom. The second-order valence-corrected chi connectivity index (χ2v) is 4.34. The van der Waals surface area contributed by atoms with Gasteiger partial charge in [-0.2, -0.15) is 0 Å². The smallest absolute Gasteiger partial charge is 0.0292 e. The van der Waals surface area contributed by atoms with Gasteiger partial charge in [0, 0.05) is 0 Å². The van der Waals surface area contributed by atoms with Crippen molar-refractivity contribution in [2.45, 2.75) is 40.0 Å². The van der Waals surface area contributed by atoms with Crippen molar-refractivity contribution in [1.82, 2.24) is 0 Å². The van der Waals surface area contributed by atoms with Gasteiger partial charge in [-0.1, -0.05) is 32.9 Å². The van der Waals surface area contributed by atoms with Crippen LogP contribution in [0.15, 0.2) is 12.2 Å². The summed E-state index contributed by atoms with van der Waals surface area (Å²) in [5, 5.41) is 0. The van der Waals surface area contributed by atoms with E-state index in [0.29, 0.717) is 5.41 Å². The molecule has 1 saturated carbocycles. The lowest BCUT2D eigenvalue weighted by Gasteiger charge is -2.37. The number of hydrogen-bond donors (Lipinski definition) is 0. The molecule has 1 aliphatic carbocycles. The van der Waals surface area contributed by atoms with Crippen LogP contribution in [0.25, 0.3) is 0 Å². The summed E-state index contributed by atoms with van der Waals surface area (Å²) in [5.41, 5.74) is 2.01. The highest BCUT2D eigenvalue weighted by molar-refractivity contribution is 5.03. The van der Waals surface area contributed by atoms with Crippen LogP contribution >= 0.6 is 0 Å². The van der Waals surface area contributed by atoms with E-state index in [4.69, 9.17) is 0 Å². The van der Waals surface area contributed by atoms with E-state index < -0.39 is 0 Å². The molecule has 1 aliphatic rings. The maximum atomic E-state index is 4.03. The summed E-state index contributed by atoms with van der Waals surface area (Å²) in [4.78, 5) is 0. The van der Waals surface area contributed by atoms with Gasteiger partial charge in [-0.3, -0.25) is 0 Å². The van der Waals surface area contributed by atoms with Gasteiger partial charge in [-0.05, 0) is 30.6 Å². The Balaban J connectivity index is 2.60. The molecule has 10 heavy (non-hydrogen) atoms. The molecule has 0 aliphatic heterocycles. The second kappa shape index (κ2) is 2.41. The summed E-state index contributed by atoms with van der Waals surface area (Å²) in [6, 6.07) is 0. The second-order valence-electron chi connectivity index (χ2n) is 4.34. The lowest BCUT2D eigenvalue weighted by atomic mass is 9.68. The average molecular weight is 138 g/mol. The zero-order chi connectivity index (χ0) is 7.78. The monoisotopic (exact) mass is 138 g/mol. The Bertz CT molecular complexity index is 142. The molecule has 1 rings (SSSR count). The molecule has 1 atom stereocenters. The Labute approximate surface area is 64.3 Å². The molecule has 0 saturated heterocycles. The van der Waals surface area contributed by atoms with E-state index in [1.165, 1.54) is 24.8 Å². The molecule has 0 aromatic rings. The van der Waals surface area contributed by atoms with E-state index in [2.05, 4.69) is 27.4 Å². The quantitative estimate of drug-likeness (QED) is 0.450. The minimum atomic E-state index is 0.557. The van der Waals surface area contributed by atoms with Crippen molar-refractivity contribution in [3.8, 4) is 0 Å². The third kappa shape index (κ3) is 1.42. The Morgan fingerprint density at radius 3 is 2.50 bits per heavy atom. The fourth-order valence-electron chi connectivity index (χ4n) is 1.56. The molecular formula is C10H18. The Morgan fingerprint density at radius 1 is 1.50 bits per heavy atom. The third-order valence-electron chi connectivity index (χ3n) is 3.05. The SMILES string of the molecule is C=C1CCC(C)(C)C(C)C1. The highest BCUT2D eigenvalue weighted by atomic mass is 14.3. The van der Waals surface area contributed by atoms with E-state index in [1.807, 2.05) is 0 Å². The number of hydrogen-bond acceptors (Lipinski definition) is 0. The first kappa shape index (κ1) is 7.84. The van der Waals surface area contributed by atoms with Crippen LogP contribution in [0, 0.1) is 11.3 Å². The van der Waals surface area contributed by atoms with E-state index in [9.17, 15) is 0 Å². The van der Waals surface area contributed by atoms with Gasteiger partial charge in [0.1, 0.15) is 0 Å². The van der Waals surface area contributed by atoms with Gasteiger partial charge in [0.2, 0.25) is 0 Å². The van der Waals surface area contributed by atoms with Gasteiger partial charge in [0.05, 0.1) is 0 Å². The predicted octanol–water partition coefficient (Wildman–Crippen LogP) is 3.39. The van der Waals surface area contributed by atoms with Crippen LogP contribution in [0.3, 0.4) is 0 Å². The van der Waals surface area contributed by atoms with Crippen LogP contribution in [0.2, 0.25) is 0 Å². The molecule has 0 heteroatoms. The first-order valence-corrected chi connectivity index (χ1v) is 4.19. The molecule has 0 radical (unpaired) electrons. The average Bonchev–Trinajstić information content (AvgIpc) is 1.81. The van der Waals surface area contributed by atoms with Crippen LogP contribution in [0.4, 0.5) is 0 Å². The van der Waals surface area contributed by atoms with Crippen molar-refractivity contribution >= 4 is 0 Å². The molecule has 1 unspecified atom stereocenters. The van der Waals surface area contributed by atoms with Crippen LogP contribution in [-0.4, -0.2) is 0 Å². The van der Waals surface area contributed by atoms with E-state index in [-0.39, 0.29) is 0 Å². The standard InChI is InChI=1S/C10H18/c1-8-5-6-10(3,4)9(2)7-8/h9H,1,5-7H2,2-4H3. The molecule has 1 fully saturated rings. The lowest BCUT2D eigenvalue weighted by Crippen LogP contribution is -2.26.